The van der Waals surface area contributed by atoms with Gasteiger partial charge in [-0.15, -0.1) is 0 Å². The van der Waals surface area contributed by atoms with Crippen LogP contribution in [-0.2, 0) is 0 Å². The van der Waals surface area contributed by atoms with Crippen LogP contribution < -0.4 is 10.6 Å². The van der Waals surface area contributed by atoms with Gasteiger partial charge in [0.05, 0.1) is 0 Å². The summed E-state index contributed by atoms with van der Waals surface area (Å²) in [6.45, 7) is 4.27. The van der Waals surface area contributed by atoms with Crippen LogP contribution in [0.1, 0.15) is 12.5 Å². The molecule has 0 spiro atoms. The minimum atomic E-state index is 0.433. The van der Waals surface area contributed by atoms with Gasteiger partial charge in [-0.1, -0.05) is 30.7 Å². The van der Waals surface area contributed by atoms with Gasteiger partial charge < -0.3 is 10.6 Å². The van der Waals surface area contributed by atoms with Gasteiger partial charge in [0.1, 0.15) is 4.99 Å². The molecule has 2 rings (SSSR count). The molecule has 1 unspecified atom stereocenters. The molecule has 1 atom stereocenters. The highest BCUT2D eigenvalue weighted by molar-refractivity contribution is 8.00. The minimum absolute atomic E-state index is 0.433. The van der Waals surface area contributed by atoms with Gasteiger partial charge in [0.15, 0.2) is 0 Å². The Balaban J connectivity index is 2.35. The Kier molecular flexibility index (Phi) is 4.17. The summed E-state index contributed by atoms with van der Waals surface area (Å²) in [5.41, 5.74) is 7.75. The summed E-state index contributed by atoms with van der Waals surface area (Å²) < 4.78 is 0. The van der Waals surface area contributed by atoms with Crippen molar-refractivity contribution in [2.75, 3.05) is 23.7 Å². The summed E-state index contributed by atoms with van der Waals surface area (Å²) in [5.74, 6) is 1.13. The highest BCUT2D eigenvalue weighted by Crippen LogP contribution is 2.29. The van der Waals surface area contributed by atoms with Crippen molar-refractivity contribution >= 4 is 46.3 Å². The molecule has 0 bridgehead atoms. The molecular formula is C12H15ClN2S2. The first-order valence-electron chi connectivity index (χ1n) is 5.54. The quantitative estimate of drug-likeness (QED) is 0.847. The predicted octanol–water partition coefficient (Wildman–Crippen LogP) is 2.92. The number of hydrogen-bond acceptors (Lipinski definition) is 3. The lowest BCUT2D eigenvalue weighted by Crippen LogP contribution is -2.37. The van der Waals surface area contributed by atoms with Gasteiger partial charge in [0.25, 0.3) is 0 Å². The molecule has 0 aliphatic carbocycles. The Morgan fingerprint density at radius 1 is 1.59 bits per heavy atom. The van der Waals surface area contributed by atoms with Crippen molar-refractivity contribution in [3.63, 3.8) is 0 Å². The van der Waals surface area contributed by atoms with Crippen LogP contribution in [0, 0.1) is 0 Å². The van der Waals surface area contributed by atoms with Crippen molar-refractivity contribution in [3.05, 3.63) is 28.8 Å². The van der Waals surface area contributed by atoms with E-state index in [2.05, 4.69) is 11.8 Å². The standard InChI is InChI=1S/C12H15ClN2S2/c1-8-7-15(4-5-17-8)11-6-9(13)2-3-10(11)12(14)16/h2-3,6,8H,4-5,7H2,1H3,(H2,14,16). The molecule has 0 amide bonds. The maximum Gasteiger partial charge on any atom is 0.106 e. The summed E-state index contributed by atoms with van der Waals surface area (Å²) in [4.78, 5) is 2.75. The normalized spacial score (nSPS) is 20.4. The fraction of sp³-hybridized carbons (Fsp3) is 0.417. The van der Waals surface area contributed by atoms with E-state index in [4.69, 9.17) is 29.6 Å². The molecule has 1 fully saturated rings. The molecule has 1 saturated heterocycles. The molecule has 0 saturated carbocycles. The zero-order valence-electron chi connectivity index (χ0n) is 9.65. The number of nitrogens with two attached hydrogens (primary N) is 1. The molecule has 2 nitrogen and oxygen atoms in total. The molecule has 0 aromatic heterocycles. The zero-order chi connectivity index (χ0) is 12.4. The van der Waals surface area contributed by atoms with Crippen molar-refractivity contribution in [1.82, 2.24) is 0 Å². The average Bonchev–Trinajstić information content (AvgIpc) is 2.28. The number of hydrogen-bond donors (Lipinski definition) is 1. The van der Waals surface area contributed by atoms with Gasteiger partial charge in [-0.2, -0.15) is 11.8 Å². The van der Waals surface area contributed by atoms with E-state index in [1.54, 1.807) is 0 Å². The molecule has 2 N–H and O–H groups in total. The summed E-state index contributed by atoms with van der Waals surface area (Å²) in [6, 6.07) is 5.70. The van der Waals surface area contributed by atoms with Crippen LogP contribution in [0.15, 0.2) is 18.2 Å². The molecule has 1 aromatic rings. The van der Waals surface area contributed by atoms with Gasteiger partial charge in [0, 0.05) is 40.4 Å². The Bertz CT molecular complexity index is 437. The second kappa shape index (κ2) is 5.46. The van der Waals surface area contributed by atoms with Crippen LogP contribution in [0.25, 0.3) is 0 Å². The first-order chi connectivity index (χ1) is 8.08. The van der Waals surface area contributed by atoms with E-state index in [1.165, 1.54) is 0 Å². The minimum Gasteiger partial charge on any atom is -0.389 e. The summed E-state index contributed by atoms with van der Waals surface area (Å²) >= 11 is 13.2. The fourth-order valence-corrected chi connectivity index (χ4v) is 3.36. The maximum atomic E-state index is 6.06. The van der Waals surface area contributed by atoms with Gasteiger partial charge in [-0.3, -0.25) is 0 Å². The molecule has 1 aliphatic rings. The predicted molar refractivity (Wildman–Crippen MR) is 81.5 cm³/mol. The van der Waals surface area contributed by atoms with E-state index in [-0.39, 0.29) is 0 Å². The summed E-state index contributed by atoms with van der Waals surface area (Å²) in [7, 11) is 0. The first-order valence-corrected chi connectivity index (χ1v) is 7.37. The van der Waals surface area contributed by atoms with Gasteiger partial charge in [-0.25, -0.2) is 0 Å². The van der Waals surface area contributed by atoms with Crippen molar-refractivity contribution in [1.29, 1.82) is 0 Å². The van der Waals surface area contributed by atoms with E-state index < -0.39 is 0 Å². The van der Waals surface area contributed by atoms with Crippen molar-refractivity contribution < 1.29 is 0 Å². The van der Waals surface area contributed by atoms with E-state index in [9.17, 15) is 0 Å². The molecule has 92 valence electrons. The summed E-state index contributed by atoms with van der Waals surface area (Å²) in [6.07, 6.45) is 0. The van der Waals surface area contributed by atoms with Gasteiger partial charge >= 0.3 is 0 Å². The van der Waals surface area contributed by atoms with Crippen molar-refractivity contribution in [3.8, 4) is 0 Å². The molecule has 0 radical (unpaired) electrons. The largest absolute Gasteiger partial charge is 0.389 e. The lowest BCUT2D eigenvalue weighted by molar-refractivity contribution is 0.782. The molecule has 1 aliphatic heterocycles. The van der Waals surface area contributed by atoms with E-state index in [0.717, 1.165) is 35.1 Å². The molecule has 1 aromatic carbocycles. The number of anilines is 1. The third kappa shape index (κ3) is 3.06. The SMILES string of the molecule is CC1CN(c2cc(Cl)ccc2C(N)=S)CCS1. The lowest BCUT2D eigenvalue weighted by Gasteiger charge is -2.33. The maximum absolute atomic E-state index is 6.06. The summed E-state index contributed by atoms with van der Waals surface area (Å²) in [5, 5.41) is 1.35. The number of benzene rings is 1. The number of thiocarbonyl (C=S) groups is 1. The zero-order valence-corrected chi connectivity index (χ0v) is 12.0. The molecule has 17 heavy (non-hydrogen) atoms. The van der Waals surface area contributed by atoms with Crippen LogP contribution in [-0.4, -0.2) is 29.1 Å². The Morgan fingerprint density at radius 2 is 2.35 bits per heavy atom. The van der Waals surface area contributed by atoms with E-state index >= 15 is 0 Å². The monoisotopic (exact) mass is 286 g/mol. The second-order valence-electron chi connectivity index (χ2n) is 4.15. The van der Waals surface area contributed by atoms with Crippen LogP contribution in [0.2, 0.25) is 5.02 Å². The number of nitrogens with zero attached hydrogens (tertiary/aromatic N) is 1. The Hall–Kier alpha value is -0.450. The smallest absolute Gasteiger partial charge is 0.106 e. The molecule has 5 heteroatoms. The topological polar surface area (TPSA) is 29.3 Å². The average molecular weight is 287 g/mol. The number of halogens is 1. The van der Waals surface area contributed by atoms with E-state index in [0.29, 0.717) is 10.2 Å². The second-order valence-corrected chi connectivity index (χ2v) is 6.58. The number of thioether (sulfide) groups is 1. The van der Waals surface area contributed by atoms with Crippen LogP contribution in [0.4, 0.5) is 5.69 Å². The van der Waals surface area contributed by atoms with Crippen molar-refractivity contribution in [2.24, 2.45) is 5.73 Å². The molecular weight excluding hydrogens is 272 g/mol. The van der Waals surface area contributed by atoms with Gasteiger partial charge in [0.2, 0.25) is 0 Å². The first kappa shape index (κ1) is 13.0. The highest BCUT2D eigenvalue weighted by atomic mass is 35.5. The fourth-order valence-electron chi connectivity index (χ4n) is 2.01. The van der Waals surface area contributed by atoms with Crippen LogP contribution in [0.3, 0.4) is 0 Å². The number of rotatable bonds is 2. The Labute approximate surface area is 117 Å². The van der Waals surface area contributed by atoms with Crippen LogP contribution >= 0.6 is 35.6 Å². The highest BCUT2D eigenvalue weighted by Gasteiger charge is 2.20. The third-order valence-corrected chi connectivity index (χ3v) is 4.40. The lowest BCUT2D eigenvalue weighted by atomic mass is 10.1. The Morgan fingerprint density at radius 3 is 3.00 bits per heavy atom. The van der Waals surface area contributed by atoms with Gasteiger partial charge in [-0.05, 0) is 18.2 Å². The van der Waals surface area contributed by atoms with Crippen molar-refractivity contribution in [2.45, 2.75) is 12.2 Å². The molecule has 1 heterocycles. The van der Waals surface area contributed by atoms with Crippen LogP contribution in [0.5, 0.6) is 0 Å². The van der Waals surface area contributed by atoms with E-state index in [1.807, 2.05) is 30.0 Å². The third-order valence-electron chi connectivity index (χ3n) is 2.81.